The van der Waals surface area contributed by atoms with Crippen LogP contribution >= 0.6 is 0 Å². The van der Waals surface area contributed by atoms with Gasteiger partial charge in [-0.1, -0.05) is 0 Å². The summed E-state index contributed by atoms with van der Waals surface area (Å²) in [6.07, 6.45) is 4.07. The van der Waals surface area contributed by atoms with Gasteiger partial charge in [0.05, 0.1) is 6.26 Å². The molecule has 1 rings (SSSR count). The average molecular weight is 190 g/mol. The van der Waals surface area contributed by atoms with E-state index >= 15 is 0 Å². The number of hydrogen-bond acceptors (Lipinski definition) is 2. The van der Waals surface area contributed by atoms with Crippen molar-refractivity contribution in [2.75, 3.05) is 19.8 Å². The first-order valence-corrected chi connectivity index (χ1v) is 5.84. The largest absolute Gasteiger partial charge is 0.362 e. The average Bonchev–Trinajstić information content (AvgIpc) is 1.91. The number of rotatable bonds is 1. The molecule has 0 aromatic rings. The molecular formula is C7H14N2O2S. The van der Waals surface area contributed by atoms with E-state index in [0.29, 0.717) is 5.84 Å². The lowest BCUT2D eigenvalue weighted by Crippen LogP contribution is -2.32. The molecule has 0 saturated carbocycles. The Kier molecular flexibility index (Phi) is 2.72. The van der Waals surface area contributed by atoms with Crippen LogP contribution in [-0.2, 0) is 10.0 Å². The van der Waals surface area contributed by atoms with Crippen molar-refractivity contribution >= 4 is 15.9 Å². The second-order valence-corrected chi connectivity index (χ2v) is 4.77. The zero-order valence-corrected chi connectivity index (χ0v) is 8.26. The third-order valence-corrected chi connectivity index (χ3v) is 2.40. The Morgan fingerprint density at radius 3 is 2.58 bits per heavy atom. The molecule has 0 aromatic heterocycles. The molecular weight excluding hydrogens is 176 g/mol. The second kappa shape index (κ2) is 3.43. The molecule has 0 N–H and O–H groups in total. The standard InChI is InChI=1S/C7H14N2O2S/c1-9-6-4-3-5-7(9)8-12(2,10)11/h3-6H2,1-2H3/b8-7+. The van der Waals surface area contributed by atoms with Crippen LogP contribution in [-0.4, -0.2) is 39.0 Å². The van der Waals surface area contributed by atoms with Gasteiger partial charge in [0.25, 0.3) is 10.0 Å². The van der Waals surface area contributed by atoms with Gasteiger partial charge in [0.15, 0.2) is 0 Å². The summed E-state index contributed by atoms with van der Waals surface area (Å²) >= 11 is 0. The van der Waals surface area contributed by atoms with Gasteiger partial charge in [0, 0.05) is 20.0 Å². The van der Waals surface area contributed by atoms with Gasteiger partial charge in [-0.05, 0) is 12.8 Å². The smallest absolute Gasteiger partial charge is 0.251 e. The summed E-state index contributed by atoms with van der Waals surface area (Å²) < 4.78 is 25.3. The monoisotopic (exact) mass is 190 g/mol. The molecule has 1 aliphatic heterocycles. The SMILES string of the molecule is CN1CCCC/C1=N\S(C)(=O)=O. The molecule has 0 radical (unpaired) electrons. The van der Waals surface area contributed by atoms with Crippen molar-refractivity contribution < 1.29 is 8.42 Å². The quantitative estimate of drug-likeness (QED) is 0.603. The van der Waals surface area contributed by atoms with Crippen LogP contribution in [0, 0.1) is 0 Å². The van der Waals surface area contributed by atoms with Gasteiger partial charge in [0.1, 0.15) is 5.84 Å². The summed E-state index contributed by atoms with van der Waals surface area (Å²) in [7, 11) is -1.33. The molecule has 0 spiro atoms. The van der Waals surface area contributed by atoms with Gasteiger partial charge in [-0.25, -0.2) is 8.42 Å². The fourth-order valence-corrected chi connectivity index (χ4v) is 1.87. The number of likely N-dealkylation sites (tertiary alicyclic amines) is 1. The first-order valence-electron chi connectivity index (χ1n) is 3.99. The molecule has 12 heavy (non-hydrogen) atoms. The Hall–Kier alpha value is -0.580. The number of nitrogens with zero attached hydrogens (tertiary/aromatic N) is 2. The van der Waals surface area contributed by atoms with Crippen LogP contribution in [0.1, 0.15) is 19.3 Å². The van der Waals surface area contributed by atoms with Gasteiger partial charge >= 0.3 is 0 Å². The van der Waals surface area contributed by atoms with Crippen molar-refractivity contribution in [3.8, 4) is 0 Å². The number of piperidine rings is 1. The normalized spacial score (nSPS) is 23.2. The summed E-state index contributed by atoms with van der Waals surface area (Å²) in [4.78, 5) is 1.91. The van der Waals surface area contributed by atoms with Gasteiger partial charge in [-0.2, -0.15) is 4.40 Å². The summed E-state index contributed by atoms with van der Waals surface area (Å²) in [5.74, 6) is 0.698. The molecule has 0 bridgehead atoms. The van der Waals surface area contributed by atoms with E-state index in [1.165, 1.54) is 0 Å². The lowest BCUT2D eigenvalue weighted by Gasteiger charge is -2.25. The topological polar surface area (TPSA) is 49.7 Å². The maximum absolute atomic E-state index is 10.8. The van der Waals surface area contributed by atoms with Gasteiger partial charge < -0.3 is 4.90 Å². The molecule has 5 heteroatoms. The van der Waals surface area contributed by atoms with Gasteiger partial charge in [0.2, 0.25) is 0 Å². The van der Waals surface area contributed by atoms with E-state index in [9.17, 15) is 8.42 Å². The molecule has 0 aliphatic carbocycles. The molecule has 0 aromatic carbocycles. The first kappa shape index (κ1) is 9.51. The van der Waals surface area contributed by atoms with Crippen LogP contribution in [0.25, 0.3) is 0 Å². The van der Waals surface area contributed by atoms with Crippen molar-refractivity contribution in [3.05, 3.63) is 0 Å². The maximum Gasteiger partial charge on any atom is 0.251 e. The van der Waals surface area contributed by atoms with Crippen molar-refractivity contribution in [2.24, 2.45) is 4.40 Å². The highest BCUT2D eigenvalue weighted by molar-refractivity contribution is 7.89. The van der Waals surface area contributed by atoms with Crippen LogP contribution in [0.4, 0.5) is 0 Å². The minimum Gasteiger partial charge on any atom is -0.362 e. The molecule has 0 atom stereocenters. The Labute approximate surface area is 73.3 Å². The zero-order valence-electron chi connectivity index (χ0n) is 7.45. The minimum absolute atomic E-state index is 0.698. The summed E-state index contributed by atoms with van der Waals surface area (Å²) in [5, 5.41) is 0. The Bertz CT molecular complexity index is 282. The van der Waals surface area contributed by atoms with Gasteiger partial charge in [-0.3, -0.25) is 0 Å². The van der Waals surface area contributed by atoms with Crippen molar-refractivity contribution in [1.82, 2.24) is 4.90 Å². The van der Waals surface area contributed by atoms with Crippen LogP contribution < -0.4 is 0 Å². The molecule has 1 fully saturated rings. The van der Waals surface area contributed by atoms with Gasteiger partial charge in [-0.15, -0.1) is 0 Å². The fourth-order valence-electron chi connectivity index (χ4n) is 1.26. The van der Waals surface area contributed by atoms with E-state index in [0.717, 1.165) is 32.1 Å². The summed E-state index contributed by atoms with van der Waals surface area (Å²) in [5.41, 5.74) is 0. The molecule has 0 unspecified atom stereocenters. The van der Waals surface area contributed by atoms with Crippen LogP contribution in [0.3, 0.4) is 0 Å². The number of hydrogen-bond donors (Lipinski definition) is 0. The molecule has 1 heterocycles. The van der Waals surface area contributed by atoms with E-state index in [4.69, 9.17) is 0 Å². The fraction of sp³-hybridized carbons (Fsp3) is 0.857. The highest BCUT2D eigenvalue weighted by Gasteiger charge is 2.13. The predicted octanol–water partition coefficient (Wildman–Crippen LogP) is 0.460. The summed E-state index contributed by atoms with van der Waals surface area (Å²) in [6, 6.07) is 0. The predicted molar refractivity (Wildman–Crippen MR) is 48.8 cm³/mol. The van der Waals surface area contributed by atoms with Crippen molar-refractivity contribution in [3.63, 3.8) is 0 Å². The molecule has 70 valence electrons. The van der Waals surface area contributed by atoms with E-state index < -0.39 is 10.0 Å². The van der Waals surface area contributed by atoms with E-state index in [1.807, 2.05) is 11.9 Å². The Morgan fingerprint density at radius 1 is 1.42 bits per heavy atom. The lowest BCUT2D eigenvalue weighted by atomic mass is 10.1. The third kappa shape index (κ3) is 2.81. The van der Waals surface area contributed by atoms with Crippen LogP contribution in [0.15, 0.2) is 4.40 Å². The molecule has 1 aliphatic rings. The van der Waals surface area contributed by atoms with E-state index in [-0.39, 0.29) is 0 Å². The van der Waals surface area contributed by atoms with E-state index in [1.54, 1.807) is 0 Å². The van der Waals surface area contributed by atoms with Crippen molar-refractivity contribution in [1.29, 1.82) is 0 Å². The summed E-state index contributed by atoms with van der Waals surface area (Å²) in [6.45, 7) is 0.911. The zero-order chi connectivity index (χ0) is 9.19. The van der Waals surface area contributed by atoms with Crippen LogP contribution in [0.2, 0.25) is 0 Å². The lowest BCUT2D eigenvalue weighted by molar-refractivity contribution is 0.434. The van der Waals surface area contributed by atoms with Crippen molar-refractivity contribution in [2.45, 2.75) is 19.3 Å². The molecule has 1 saturated heterocycles. The number of amidine groups is 1. The maximum atomic E-state index is 10.8. The third-order valence-electron chi connectivity index (χ3n) is 1.86. The Balaban J connectivity index is 2.79. The highest BCUT2D eigenvalue weighted by atomic mass is 32.2. The Morgan fingerprint density at radius 2 is 2.08 bits per heavy atom. The highest BCUT2D eigenvalue weighted by Crippen LogP contribution is 2.10. The second-order valence-electron chi connectivity index (χ2n) is 3.12. The molecule has 0 amide bonds. The minimum atomic E-state index is -3.21. The van der Waals surface area contributed by atoms with Crippen LogP contribution in [0.5, 0.6) is 0 Å². The first-order chi connectivity index (χ1) is 5.49. The number of sulfonamides is 1. The van der Waals surface area contributed by atoms with E-state index in [2.05, 4.69) is 4.40 Å². The molecule has 4 nitrogen and oxygen atoms in total.